The van der Waals surface area contributed by atoms with Crippen LogP contribution in [0.15, 0.2) is 10.7 Å². The number of hydrogen-bond donors (Lipinski definition) is 1. The van der Waals surface area contributed by atoms with Crippen molar-refractivity contribution in [3.63, 3.8) is 0 Å². The van der Waals surface area contributed by atoms with Crippen LogP contribution in [-0.4, -0.2) is 15.7 Å². The van der Waals surface area contributed by atoms with E-state index in [1.807, 2.05) is 0 Å². The maximum absolute atomic E-state index is 13.4. The largest absolute Gasteiger partial charge is 0.321 e. The Labute approximate surface area is 135 Å². The van der Waals surface area contributed by atoms with Gasteiger partial charge in [0.15, 0.2) is 23.3 Å². The Morgan fingerprint density at radius 1 is 1.13 bits per heavy atom. The molecule has 1 aromatic carbocycles. The molecule has 0 unspecified atom stereocenters. The van der Waals surface area contributed by atoms with E-state index in [2.05, 4.69) is 21.0 Å². The minimum atomic E-state index is -2.28. The third-order valence-corrected chi connectivity index (χ3v) is 3.85. The first-order valence-corrected chi connectivity index (χ1v) is 7.02. The maximum atomic E-state index is 13.4. The highest BCUT2D eigenvalue weighted by Gasteiger charge is 2.26. The van der Waals surface area contributed by atoms with Gasteiger partial charge in [0.25, 0.3) is 0 Å². The average Bonchev–Trinajstić information content (AvgIpc) is 2.85. The molecule has 2 rings (SSSR count). The Bertz CT molecular complexity index is 748. The summed E-state index contributed by atoms with van der Waals surface area (Å²) in [6.45, 7) is 1.79. The molecule has 0 aliphatic heterocycles. The standard InChI is InChI=1S/C13H9BrF5N3O/c1-5-6(14)4-20-22(5)3-2-7(23)21-13-11(18)9(16)8(15)10(17)12(13)19/h4H,2-3H2,1H3,(H,21,23). The molecule has 10 heteroatoms. The molecular formula is C13H9BrF5N3O. The van der Waals surface area contributed by atoms with Crippen LogP contribution in [-0.2, 0) is 11.3 Å². The second-order valence-corrected chi connectivity index (χ2v) is 5.40. The van der Waals surface area contributed by atoms with E-state index in [0.717, 1.165) is 0 Å². The zero-order valence-electron chi connectivity index (χ0n) is 11.6. The van der Waals surface area contributed by atoms with Gasteiger partial charge in [0, 0.05) is 12.1 Å². The number of halogens is 6. The quantitative estimate of drug-likeness (QED) is 0.486. The number of hydrogen-bond acceptors (Lipinski definition) is 2. The molecule has 2 aromatic rings. The number of anilines is 1. The highest BCUT2D eigenvalue weighted by atomic mass is 79.9. The van der Waals surface area contributed by atoms with E-state index in [-0.39, 0.29) is 13.0 Å². The van der Waals surface area contributed by atoms with Crippen LogP contribution >= 0.6 is 15.9 Å². The third kappa shape index (κ3) is 3.36. The maximum Gasteiger partial charge on any atom is 0.226 e. The zero-order chi connectivity index (χ0) is 17.3. The molecule has 4 nitrogen and oxygen atoms in total. The van der Waals surface area contributed by atoms with Crippen LogP contribution in [0.5, 0.6) is 0 Å². The van der Waals surface area contributed by atoms with Crippen molar-refractivity contribution in [2.45, 2.75) is 19.9 Å². The Hall–Kier alpha value is -1.97. The highest BCUT2D eigenvalue weighted by Crippen LogP contribution is 2.27. The number of aromatic nitrogens is 2. The lowest BCUT2D eigenvalue weighted by molar-refractivity contribution is -0.116. The first-order valence-electron chi connectivity index (χ1n) is 6.23. The van der Waals surface area contributed by atoms with Gasteiger partial charge >= 0.3 is 0 Å². The molecule has 0 saturated carbocycles. The second kappa shape index (κ2) is 6.65. The lowest BCUT2D eigenvalue weighted by Gasteiger charge is -2.10. The third-order valence-electron chi connectivity index (χ3n) is 3.07. The van der Waals surface area contributed by atoms with Gasteiger partial charge in [0.2, 0.25) is 11.7 Å². The number of amides is 1. The summed E-state index contributed by atoms with van der Waals surface area (Å²) in [6.07, 6.45) is 1.23. The van der Waals surface area contributed by atoms with Crippen molar-refractivity contribution in [3.05, 3.63) is 45.4 Å². The molecule has 0 fully saturated rings. The molecule has 0 aliphatic rings. The molecule has 1 aromatic heterocycles. The number of nitrogens with zero attached hydrogens (tertiary/aromatic N) is 2. The zero-order valence-corrected chi connectivity index (χ0v) is 13.1. The summed E-state index contributed by atoms with van der Waals surface area (Å²) in [5.74, 6) is -11.6. The van der Waals surface area contributed by atoms with Gasteiger partial charge in [-0.2, -0.15) is 5.10 Å². The fourth-order valence-electron chi connectivity index (χ4n) is 1.77. The second-order valence-electron chi connectivity index (χ2n) is 4.54. The number of benzene rings is 1. The lowest BCUT2D eigenvalue weighted by atomic mass is 10.2. The van der Waals surface area contributed by atoms with E-state index in [9.17, 15) is 26.7 Å². The van der Waals surface area contributed by atoms with Gasteiger partial charge in [-0.1, -0.05) is 0 Å². The Kier molecular flexibility index (Phi) is 5.03. The molecule has 0 radical (unpaired) electrons. The fraction of sp³-hybridized carbons (Fsp3) is 0.231. The first kappa shape index (κ1) is 17.4. The van der Waals surface area contributed by atoms with Crippen molar-refractivity contribution in [1.29, 1.82) is 0 Å². The van der Waals surface area contributed by atoms with Crippen LogP contribution in [0.2, 0.25) is 0 Å². The minimum absolute atomic E-state index is 0.0681. The monoisotopic (exact) mass is 397 g/mol. The summed E-state index contributed by atoms with van der Waals surface area (Å²) < 4.78 is 68.0. The molecule has 1 amide bonds. The molecule has 124 valence electrons. The molecule has 0 spiro atoms. The minimum Gasteiger partial charge on any atom is -0.321 e. The van der Waals surface area contributed by atoms with Crippen LogP contribution < -0.4 is 5.32 Å². The summed E-state index contributed by atoms with van der Waals surface area (Å²) in [7, 11) is 0. The van der Waals surface area contributed by atoms with E-state index in [0.29, 0.717) is 10.2 Å². The summed E-state index contributed by atoms with van der Waals surface area (Å²) in [4.78, 5) is 11.7. The van der Waals surface area contributed by atoms with Gasteiger partial charge < -0.3 is 5.32 Å². The molecular weight excluding hydrogens is 389 g/mol. The van der Waals surface area contributed by atoms with Crippen molar-refractivity contribution in [3.8, 4) is 0 Å². The van der Waals surface area contributed by atoms with E-state index in [1.165, 1.54) is 10.9 Å². The van der Waals surface area contributed by atoms with Gasteiger partial charge in [-0.15, -0.1) is 0 Å². The number of carbonyl (C=O) groups excluding carboxylic acids is 1. The topological polar surface area (TPSA) is 46.9 Å². The van der Waals surface area contributed by atoms with E-state index < -0.39 is 40.7 Å². The number of nitrogens with one attached hydrogen (secondary N) is 1. The van der Waals surface area contributed by atoms with Crippen LogP contribution in [0.25, 0.3) is 0 Å². The lowest BCUT2D eigenvalue weighted by Crippen LogP contribution is -2.19. The smallest absolute Gasteiger partial charge is 0.226 e. The van der Waals surface area contributed by atoms with Crippen molar-refractivity contribution in [2.24, 2.45) is 0 Å². The van der Waals surface area contributed by atoms with Crippen molar-refractivity contribution >= 4 is 27.5 Å². The van der Waals surface area contributed by atoms with E-state index in [4.69, 9.17) is 0 Å². The summed E-state index contributed by atoms with van der Waals surface area (Å²) in [5, 5.41) is 5.64. The molecule has 0 atom stereocenters. The number of rotatable bonds is 4. The summed E-state index contributed by atoms with van der Waals surface area (Å²) >= 11 is 3.22. The van der Waals surface area contributed by atoms with Gasteiger partial charge in [-0.05, 0) is 22.9 Å². The van der Waals surface area contributed by atoms with Crippen LogP contribution in [0.1, 0.15) is 12.1 Å². The van der Waals surface area contributed by atoms with Crippen molar-refractivity contribution in [2.75, 3.05) is 5.32 Å². The summed E-state index contributed by atoms with van der Waals surface area (Å²) in [5.41, 5.74) is -0.654. The molecule has 1 N–H and O–H groups in total. The predicted octanol–water partition coefficient (Wildman–Crippen LogP) is 3.68. The van der Waals surface area contributed by atoms with Gasteiger partial charge in [0.05, 0.1) is 17.2 Å². The van der Waals surface area contributed by atoms with Gasteiger partial charge in [0.1, 0.15) is 5.69 Å². The normalized spacial score (nSPS) is 10.9. The molecule has 0 bridgehead atoms. The predicted molar refractivity (Wildman–Crippen MR) is 74.1 cm³/mol. The molecule has 0 aliphatic carbocycles. The van der Waals surface area contributed by atoms with E-state index >= 15 is 0 Å². The number of carbonyl (C=O) groups is 1. The molecule has 23 heavy (non-hydrogen) atoms. The van der Waals surface area contributed by atoms with Crippen LogP contribution in [0.3, 0.4) is 0 Å². The fourth-order valence-corrected chi connectivity index (χ4v) is 2.07. The Morgan fingerprint density at radius 3 is 2.13 bits per heavy atom. The molecule has 1 heterocycles. The van der Waals surface area contributed by atoms with Crippen LogP contribution in [0.4, 0.5) is 27.6 Å². The van der Waals surface area contributed by atoms with E-state index in [1.54, 1.807) is 12.2 Å². The average molecular weight is 398 g/mol. The SMILES string of the molecule is Cc1c(Br)cnn1CCC(=O)Nc1c(F)c(F)c(F)c(F)c1F. The Balaban J connectivity index is 2.13. The number of aryl methyl sites for hydroxylation is 1. The first-order chi connectivity index (χ1) is 10.7. The van der Waals surface area contributed by atoms with Crippen molar-refractivity contribution in [1.82, 2.24) is 9.78 Å². The van der Waals surface area contributed by atoms with Crippen molar-refractivity contribution < 1.29 is 26.7 Å². The Morgan fingerprint density at radius 2 is 1.65 bits per heavy atom. The highest BCUT2D eigenvalue weighted by molar-refractivity contribution is 9.10. The van der Waals surface area contributed by atoms with Crippen LogP contribution in [0, 0.1) is 36.0 Å². The summed E-state index contributed by atoms with van der Waals surface area (Å²) in [6, 6.07) is 0. The molecule has 0 saturated heterocycles. The van der Waals surface area contributed by atoms with Gasteiger partial charge in [-0.25, -0.2) is 22.0 Å². The van der Waals surface area contributed by atoms with Gasteiger partial charge in [-0.3, -0.25) is 9.48 Å².